The third kappa shape index (κ3) is 2.45. The van der Waals surface area contributed by atoms with E-state index in [9.17, 15) is 9.59 Å². The highest BCUT2D eigenvalue weighted by Crippen LogP contribution is 2.19. The molecule has 1 fully saturated rings. The average molecular weight is 291 g/mol. The smallest absolute Gasteiger partial charge is 0.419 e. The fourth-order valence-corrected chi connectivity index (χ4v) is 2.75. The maximum Gasteiger partial charge on any atom is 0.419 e. The number of aliphatic carboxylic acids is 1. The summed E-state index contributed by atoms with van der Waals surface area (Å²) in [6, 6.07) is 7.23. The highest BCUT2D eigenvalue weighted by Gasteiger charge is 2.40. The fraction of sp³-hybridized carbons (Fsp3) is 0.429. The summed E-state index contributed by atoms with van der Waals surface area (Å²) in [6.45, 7) is 1.93. The first kappa shape index (κ1) is 13.8. The van der Waals surface area contributed by atoms with Gasteiger partial charge in [0.2, 0.25) is 0 Å². The molecule has 3 rings (SSSR count). The van der Waals surface area contributed by atoms with E-state index < -0.39 is 17.3 Å². The van der Waals surface area contributed by atoms with Gasteiger partial charge in [-0.05, 0) is 18.6 Å². The summed E-state index contributed by atoms with van der Waals surface area (Å²) in [7, 11) is 0. The Kier molecular flexibility index (Phi) is 3.30. The molecule has 1 unspecified atom stereocenters. The molecule has 0 amide bonds. The van der Waals surface area contributed by atoms with E-state index in [1.807, 2.05) is 23.1 Å². The molecule has 1 aromatic carbocycles. The summed E-state index contributed by atoms with van der Waals surface area (Å²) in [6.07, 6.45) is 0.420. The number of fused-ring (bicyclic) bond motifs is 1. The van der Waals surface area contributed by atoms with Gasteiger partial charge in [-0.3, -0.25) is 14.3 Å². The molecule has 1 atom stereocenters. The zero-order valence-corrected chi connectivity index (χ0v) is 11.5. The Morgan fingerprint density at radius 1 is 1.38 bits per heavy atom. The lowest BCUT2D eigenvalue weighted by molar-refractivity contribution is -0.142. The van der Waals surface area contributed by atoms with Gasteiger partial charge in [-0.25, -0.2) is 4.79 Å². The fourth-order valence-electron chi connectivity index (χ4n) is 2.75. The van der Waals surface area contributed by atoms with Gasteiger partial charge in [0.25, 0.3) is 0 Å². The number of nitrogens with zero attached hydrogens (tertiary/aromatic N) is 2. The third-order valence-electron chi connectivity index (χ3n) is 4.02. The Morgan fingerprint density at radius 2 is 2.14 bits per heavy atom. The lowest BCUT2D eigenvalue weighted by Gasteiger charge is -2.19. The topological polar surface area (TPSA) is 102 Å². The van der Waals surface area contributed by atoms with E-state index in [0.717, 1.165) is 5.52 Å². The molecular weight excluding hydrogens is 274 g/mol. The number of para-hydroxylation sites is 2. The number of benzene rings is 1. The first-order valence-electron chi connectivity index (χ1n) is 6.83. The minimum atomic E-state index is -1.18. The highest BCUT2D eigenvalue weighted by atomic mass is 16.4. The second-order valence-electron chi connectivity index (χ2n) is 5.47. The third-order valence-corrected chi connectivity index (χ3v) is 4.02. The number of likely N-dealkylation sites (tertiary alicyclic amines) is 1. The van der Waals surface area contributed by atoms with E-state index in [2.05, 4.69) is 0 Å². The van der Waals surface area contributed by atoms with Crippen LogP contribution < -0.4 is 11.5 Å². The first-order valence-corrected chi connectivity index (χ1v) is 6.83. The molecule has 0 radical (unpaired) electrons. The zero-order valence-electron chi connectivity index (χ0n) is 11.5. The van der Waals surface area contributed by atoms with Crippen molar-refractivity contribution in [3.05, 3.63) is 34.8 Å². The summed E-state index contributed by atoms with van der Waals surface area (Å²) in [5.41, 5.74) is 5.96. The van der Waals surface area contributed by atoms with Crippen LogP contribution >= 0.6 is 0 Å². The SMILES string of the molecule is NC1(C(=O)O)CCN(CCn2c(=O)oc3ccccc32)C1. The number of carboxylic acid groups (broad SMARTS) is 1. The van der Waals surface area contributed by atoms with Gasteiger partial charge in [0.1, 0.15) is 5.54 Å². The summed E-state index contributed by atoms with van der Waals surface area (Å²) in [4.78, 5) is 24.9. The monoisotopic (exact) mass is 291 g/mol. The number of hydrogen-bond acceptors (Lipinski definition) is 5. The lowest BCUT2D eigenvalue weighted by Crippen LogP contribution is -2.50. The molecule has 0 bridgehead atoms. The molecule has 0 aliphatic carbocycles. The standard InChI is InChI=1S/C14H17N3O4/c15-14(12(18)19)5-6-16(9-14)7-8-17-10-3-1-2-4-11(10)21-13(17)20/h1-4H,5-9,15H2,(H,18,19). The molecule has 7 nitrogen and oxygen atoms in total. The summed E-state index contributed by atoms with van der Waals surface area (Å²) >= 11 is 0. The van der Waals surface area contributed by atoms with Crippen molar-refractivity contribution >= 4 is 17.1 Å². The Labute approximate surface area is 120 Å². The number of nitrogens with two attached hydrogens (primary N) is 1. The van der Waals surface area contributed by atoms with Crippen LogP contribution in [0.15, 0.2) is 33.5 Å². The van der Waals surface area contributed by atoms with Gasteiger partial charge in [-0.2, -0.15) is 0 Å². The Balaban J connectivity index is 1.72. The zero-order chi connectivity index (χ0) is 15.0. The minimum absolute atomic E-state index is 0.298. The highest BCUT2D eigenvalue weighted by molar-refractivity contribution is 5.79. The van der Waals surface area contributed by atoms with Crippen molar-refractivity contribution in [2.45, 2.75) is 18.5 Å². The molecule has 1 aliphatic rings. The van der Waals surface area contributed by atoms with Crippen LogP contribution in [0.25, 0.3) is 11.1 Å². The quantitative estimate of drug-likeness (QED) is 0.827. The van der Waals surface area contributed by atoms with Crippen LogP contribution in [0.4, 0.5) is 0 Å². The van der Waals surface area contributed by atoms with Crippen LogP contribution in [0.2, 0.25) is 0 Å². The second-order valence-corrected chi connectivity index (χ2v) is 5.47. The van der Waals surface area contributed by atoms with Gasteiger partial charge in [-0.1, -0.05) is 12.1 Å². The number of carbonyl (C=O) groups is 1. The minimum Gasteiger partial charge on any atom is -0.480 e. The molecule has 1 aromatic heterocycles. The van der Waals surface area contributed by atoms with Gasteiger partial charge >= 0.3 is 11.7 Å². The molecule has 7 heteroatoms. The van der Waals surface area contributed by atoms with Gasteiger partial charge in [-0.15, -0.1) is 0 Å². The molecule has 3 N–H and O–H groups in total. The molecular formula is C14H17N3O4. The average Bonchev–Trinajstić information content (AvgIpc) is 2.98. The molecule has 2 heterocycles. The van der Waals surface area contributed by atoms with Crippen molar-refractivity contribution < 1.29 is 14.3 Å². The molecule has 112 valence electrons. The van der Waals surface area contributed by atoms with E-state index in [1.165, 1.54) is 0 Å². The van der Waals surface area contributed by atoms with Crippen molar-refractivity contribution in [1.29, 1.82) is 0 Å². The molecule has 1 saturated heterocycles. The largest absolute Gasteiger partial charge is 0.480 e. The number of rotatable bonds is 4. The predicted molar refractivity (Wildman–Crippen MR) is 76.1 cm³/mol. The van der Waals surface area contributed by atoms with Crippen molar-refractivity contribution in [3.8, 4) is 0 Å². The van der Waals surface area contributed by atoms with Crippen LogP contribution in [0.3, 0.4) is 0 Å². The molecule has 0 saturated carbocycles. The summed E-state index contributed by atoms with van der Waals surface area (Å²) in [5, 5.41) is 9.11. The predicted octanol–water partition coefficient (Wildman–Crippen LogP) is 0.0823. The lowest BCUT2D eigenvalue weighted by atomic mass is 10.0. The number of hydrogen-bond donors (Lipinski definition) is 2. The Hall–Kier alpha value is -2.12. The van der Waals surface area contributed by atoms with Crippen molar-refractivity contribution in [3.63, 3.8) is 0 Å². The summed E-state index contributed by atoms with van der Waals surface area (Å²) < 4.78 is 6.73. The van der Waals surface area contributed by atoms with Crippen molar-refractivity contribution in [2.24, 2.45) is 5.73 Å². The molecule has 2 aromatic rings. The van der Waals surface area contributed by atoms with Gasteiger partial charge in [0.05, 0.1) is 5.52 Å². The molecule has 1 aliphatic heterocycles. The second kappa shape index (κ2) is 5.01. The Bertz CT molecular complexity index is 735. The van der Waals surface area contributed by atoms with Crippen LogP contribution in [-0.4, -0.2) is 45.7 Å². The number of aromatic nitrogens is 1. The van der Waals surface area contributed by atoms with E-state index >= 15 is 0 Å². The first-order chi connectivity index (χ1) is 9.99. The van der Waals surface area contributed by atoms with Gasteiger partial charge in [0.15, 0.2) is 5.58 Å². The van der Waals surface area contributed by atoms with Gasteiger partial charge in [0, 0.05) is 26.2 Å². The molecule has 0 spiro atoms. The van der Waals surface area contributed by atoms with Crippen LogP contribution in [0, 0.1) is 0 Å². The van der Waals surface area contributed by atoms with E-state index in [1.54, 1.807) is 10.6 Å². The van der Waals surface area contributed by atoms with Crippen LogP contribution in [-0.2, 0) is 11.3 Å². The van der Waals surface area contributed by atoms with Crippen LogP contribution in [0.1, 0.15) is 6.42 Å². The van der Waals surface area contributed by atoms with Gasteiger partial charge < -0.3 is 15.3 Å². The van der Waals surface area contributed by atoms with Crippen molar-refractivity contribution in [2.75, 3.05) is 19.6 Å². The van der Waals surface area contributed by atoms with Crippen LogP contribution in [0.5, 0.6) is 0 Å². The van der Waals surface area contributed by atoms with E-state index in [-0.39, 0.29) is 0 Å². The number of oxazole rings is 1. The maximum absolute atomic E-state index is 11.8. The molecule has 21 heavy (non-hydrogen) atoms. The van der Waals surface area contributed by atoms with Crippen molar-refractivity contribution in [1.82, 2.24) is 9.47 Å². The van der Waals surface area contributed by atoms with E-state index in [0.29, 0.717) is 38.2 Å². The normalized spacial score (nSPS) is 22.9. The maximum atomic E-state index is 11.8. The number of carboxylic acids is 1. The Morgan fingerprint density at radius 3 is 2.86 bits per heavy atom. The van der Waals surface area contributed by atoms with E-state index in [4.69, 9.17) is 15.3 Å². The summed E-state index contributed by atoms with van der Waals surface area (Å²) in [5.74, 6) is -1.37.